The number of hydrogen-bond acceptors (Lipinski definition) is 5. The summed E-state index contributed by atoms with van der Waals surface area (Å²) >= 11 is 3.12. The number of ether oxygens (including phenoxy) is 1. The van der Waals surface area contributed by atoms with Gasteiger partial charge in [-0.25, -0.2) is 9.78 Å². The molecule has 0 aliphatic carbocycles. The topological polar surface area (TPSA) is 91.2 Å². The van der Waals surface area contributed by atoms with Crippen molar-refractivity contribution in [2.24, 2.45) is 0 Å². The van der Waals surface area contributed by atoms with Crippen LogP contribution in [0.25, 0.3) is 0 Å². The van der Waals surface area contributed by atoms with E-state index in [1.807, 2.05) is 0 Å². The van der Waals surface area contributed by atoms with Gasteiger partial charge in [-0.2, -0.15) is 0 Å². The Labute approximate surface area is 83.2 Å². The average Bonchev–Trinajstić information content (AvgIpc) is 2.12. The molecule has 1 heterocycles. The molecular formula is C7H8BrN3O2. The van der Waals surface area contributed by atoms with Crippen molar-refractivity contribution in [2.75, 3.05) is 18.6 Å². The van der Waals surface area contributed by atoms with Crippen molar-refractivity contribution in [3.05, 3.63) is 16.2 Å². The summed E-state index contributed by atoms with van der Waals surface area (Å²) in [4.78, 5) is 14.9. The standard InChI is InChI=1S/C7H8BrN3O2/c1-13-7(12)4-3(8)2-11-6(10)5(4)9/h2H,9H2,1H3,(H2,10,11). The van der Waals surface area contributed by atoms with Crippen LogP contribution in [0.4, 0.5) is 11.5 Å². The van der Waals surface area contributed by atoms with Crippen molar-refractivity contribution in [2.45, 2.75) is 0 Å². The fourth-order valence-corrected chi connectivity index (χ4v) is 1.30. The van der Waals surface area contributed by atoms with Crippen molar-refractivity contribution in [3.8, 4) is 0 Å². The van der Waals surface area contributed by atoms with E-state index in [0.29, 0.717) is 4.47 Å². The number of methoxy groups -OCH3 is 1. The summed E-state index contributed by atoms with van der Waals surface area (Å²) in [5.41, 5.74) is 11.3. The number of rotatable bonds is 1. The Kier molecular flexibility index (Phi) is 2.72. The van der Waals surface area contributed by atoms with Crippen molar-refractivity contribution in [3.63, 3.8) is 0 Å². The molecule has 0 spiro atoms. The van der Waals surface area contributed by atoms with Crippen LogP contribution < -0.4 is 11.5 Å². The van der Waals surface area contributed by atoms with Crippen LogP contribution in [-0.4, -0.2) is 18.1 Å². The van der Waals surface area contributed by atoms with Crippen LogP contribution in [0.15, 0.2) is 10.7 Å². The third-order valence-corrected chi connectivity index (χ3v) is 2.09. The molecular weight excluding hydrogens is 238 g/mol. The second-order valence-corrected chi connectivity index (χ2v) is 3.13. The van der Waals surface area contributed by atoms with Crippen LogP contribution >= 0.6 is 15.9 Å². The molecule has 0 radical (unpaired) electrons. The third kappa shape index (κ3) is 1.72. The number of carbonyl (C=O) groups excluding carboxylic acids is 1. The molecule has 0 aliphatic heterocycles. The van der Waals surface area contributed by atoms with Gasteiger partial charge in [-0.1, -0.05) is 0 Å². The normalized spacial score (nSPS) is 9.69. The monoisotopic (exact) mass is 245 g/mol. The molecule has 0 atom stereocenters. The van der Waals surface area contributed by atoms with E-state index in [1.54, 1.807) is 0 Å². The number of halogens is 1. The Morgan fingerprint density at radius 2 is 2.23 bits per heavy atom. The van der Waals surface area contributed by atoms with Gasteiger partial charge in [0.2, 0.25) is 0 Å². The maximum absolute atomic E-state index is 11.2. The maximum Gasteiger partial charge on any atom is 0.341 e. The highest BCUT2D eigenvalue weighted by atomic mass is 79.9. The number of carbonyl (C=O) groups is 1. The quantitative estimate of drug-likeness (QED) is 0.715. The Balaban J connectivity index is 3.33. The van der Waals surface area contributed by atoms with Gasteiger partial charge in [-0.05, 0) is 15.9 Å². The van der Waals surface area contributed by atoms with Crippen LogP contribution in [0.3, 0.4) is 0 Å². The van der Waals surface area contributed by atoms with Crippen molar-refractivity contribution < 1.29 is 9.53 Å². The summed E-state index contributed by atoms with van der Waals surface area (Å²) in [6, 6.07) is 0. The summed E-state index contributed by atoms with van der Waals surface area (Å²) < 4.78 is 4.98. The molecule has 0 aromatic carbocycles. The summed E-state index contributed by atoms with van der Waals surface area (Å²) in [5, 5.41) is 0. The third-order valence-electron chi connectivity index (χ3n) is 1.49. The molecule has 13 heavy (non-hydrogen) atoms. The lowest BCUT2D eigenvalue weighted by molar-refractivity contribution is 0.0601. The molecule has 1 rings (SSSR count). The largest absolute Gasteiger partial charge is 0.465 e. The zero-order valence-electron chi connectivity index (χ0n) is 6.87. The number of esters is 1. The Morgan fingerprint density at radius 1 is 1.62 bits per heavy atom. The van der Waals surface area contributed by atoms with Crippen LogP contribution in [0.2, 0.25) is 0 Å². The van der Waals surface area contributed by atoms with Gasteiger partial charge in [0.05, 0.1) is 17.3 Å². The lowest BCUT2D eigenvalue weighted by atomic mass is 10.2. The van der Waals surface area contributed by atoms with E-state index in [9.17, 15) is 4.79 Å². The molecule has 4 N–H and O–H groups in total. The number of nitrogens with zero attached hydrogens (tertiary/aromatic N) is 1. The number of anilines is 2. The summed E-state index contributed by atoms with van der Waals surface area (Å²) in [6.45, 7) is 0. The van der Waals surface area contributed by atoms with E-state index >= 15 is 0 Å². The van der Waals surface area contributed by atoms with Gasteiger partial charge in [0.1, 0.15) is 11.4 Å². The fourth-order valence-electron chi connectivity index (χ4n) is 0.827. The molecule has 5 nitrogen and oxygen atoms in total. The molecule has 0 unspecified atom stereocenters. The van der Waals surface area contributed by atoms with Gasteiger partial charge >= 0.3 is 5.97 Å². The number of pyridine rings is 1. The Hall–Kier alpha value is -1.30. The number of aromatic nitrogens is 1. The Bertz CT molecular complexity index is 354. The highest BCUT2D eigenvalue weighted by Gasteiger charge is 2.16. The first-order chi connectivity index (χ1) is 6.07. The Morgan fingerprint density at radius 3 is 2.77 bits per heavy atom. The van der Waals surface area contributed by atoms with Crippen LogP contribution in [-0.2, 0) is 4.74 Å². The van der Waals surface area contributed by atoms with Gasteiger partial charge in [-0.15, -0.1) is 0 Å². The van der Waals surface area contributed by atoms with E-state index < -0.39 is 5.97 Å². The summed E-state index contributed by atoms with van der Waals surface area (Å²) in [7, 11) is 1.27. The molecule has 1 aromatic heterocycles. The molecule has 0 aliphatic rings. The minimum Gasteiger partial charge on any atom is -0.465 e. The van der Waals surface area contributed by atoms with E-state index in [1.165, 1.54) is 13.3 Å². The summed E-state index contributed by atoms with van der Waals surface area (Å²) in [5.74, 6) is -0.429. The van der Waals surface area contributed by atoms with Crippen LogP contribution in [0.1, 0.15) is 10.4 Å². The van der Waals surface area contributed by atoms with Gasteiger partial charge in [-0.3, -0.25) is 0 Å². The molecule has 6 heteroatoms. The van der Waals surface area contributed by atoms with Crippen molar-refractivity contribution >= 4 is 33.4 Å². The average molecular weight is 246 g/mol. The van der Waals surface area contributed by atoms with E-state index in [0.717, 1.165) is 0 Å². The minimum atomic E-state index is -0.543. The second kappa shape index (κ2) is 3.61. The number of hydrogen-bond donors (Lipinski definition) is 2. The molecule has 70 valence electrons. The SMILES string of the molecule is COC(=O)c1c(Br)cnc(N)c1N. The molecule has 0 bridgehead atoms. The zero-order valence-corrected chi connectivity index (χ0v) is 8.46. The van der Waals surface area contributed by atoms with Gasteiger partial charge in [0.15, 0.2) is 0 Å². The lowest BCUT2D eigenvalue weighted by Gasteiger charge is -2.06. The second-order valence-electron chi connectivity index (χ2n) is 2.27. The zero-order chi connectivity index (χ0) is 10.0. The molecule has 1 aromatic rings. The molecule has 0 saturated heterocycles. The first-order valence-electron chi connectivity index (χ1n) is 3.35. The molecule has 0 fully saturated rings. The fraction of sp³-hybridized carbons (Fsp3) is 0.143. The van der Waals surface area contributed by atoms with E-state index in [4.69, 9.17) is 11.5 Å². The minimum absolute atomic E-state index is 0.114. The van der Waals surface area contributed by atoms with Crippen LogP contribution in [0.5, 0.6) is 0 Å². The highest BCUT2D eigenvalue weighted by Crippen LogP contribution is 2.26. The van der Waals surface area contributed by atoms with E-state index in [2.05, 4.69) is 25.7 Å². The van der Waals surface area contributed by atoms with Crippen molar-refractivity contribution in [1.29, 1.82) is 0 Å². The first kappa shape index (κ1) is 9.79. The van der Waals surface area contributed by atoms with Crippen molar-refractivity contribution in [1.82, 2.24) is 4.98 Å². The van der Waals surface area contributed by atoms with Crippen LogP contribution in [0, 0.1) is 0 Å². The first-order valence-corrected chi connectivity index (χ1v) is 4.15. The van der Waals surface area contributed by atoms with Gasteiger partial charge in [0.25, 0.3) is 0 Å². The smallest absolute Gasteiger partial charge is 0.341 e. The predicted molar refractivity (Wildman–Crippen MR) is 52.1 cm³/mol. The molecule has 0 saturated carbocycles. The van der Waals surface area contributed by atoms with E-state index in [-0.39, 0.29) is 17.1 Å². The van der Waals surface area contributed by atoms with Gasteiger partial charge in [0, 0.05) is 6.20 Å². The summed E-state index contributed by atoms with van der Waals surface area (Å²) in [6.07, 6.45) is 1.40. The number of nitrogen functional groups attached to an aromatic ring is 2. The predicted octanol–water partition coefficient (Wildman–Crippen LogP) is 0.795. The highest BCUT2D eigenvalue weighted by molar-refractivity contribution is 9.10. The number of nitrogens with two attached hydrogens (primary N) is 2. The van der Waals surface area contributed by atoms with Gasteiger partial charge < -0.3 is 16.2 Å². The lowest BCUT2D eigenvalue weighted by Crippen LogP contribution is -2.10. The molecule has 0 amide bonds. The maximum atomic E-state index is 11.2.